The van der Waals surface area contributed by atoms with E-state index in [-0.39, 0.29) is 10.5 Å². The average Bonchev–Trinajstić information content (AvgIpc) is 2.68. The maximum absolute atomic E-state index is 13.4. The third-order valence-electron chi connectivity index (χ3n) is 4.72. The molecule has 0 bridgehead atoms. The number of hydrogen-bond donors (Lipinski definition) is 0. The molecule has 1 fully saturated rings. The number of ether oxygens (including phenoxy) is 1. The van der Waals surface area contributed by atoms with Gasteiger partial charge in [0.1, 0.15) is 5.82 Å². The minimum absolute atomic E-state index is 0.204. The quantitative estimate of drug-likeness (QED) is 0.651. The van der Waals surface area contributed by atoms with Gasteiger partial charge >= 0.3 is 0 Å². The number of morpholine rings is 1. The number of benzene rings is 1. The summed E-state index contributed by atoms with van der Waals surface area (Å²) in [5.74, 6) is 0.560. The van der Waals surface area contributed by atoms with Crippen molar-refractivity contribution in [3.63, 3.8) is 0 Å². The van der Waals surface area contributed by atoms with Crippen molar-refractivity contribution in [2.75, 3.05) is 37.6 Å². The van der Waals surface area contributed by atoms with Gasteiger partial charge in [0.25, 0.3) is 5.56 Å². The molecule has 3 heterocycles. The lowest BCUT2D eigenvalue weighted by Gasteiger charge is -2.30. The zero-order valence-electron chi connectivity index (χ0n) is 15.6. The van der Waals surface area contributed by atoms with Gasteiger partial charge in [0.2, 0.25) is 0 Å². The van der Waals surface area contributed by atoms with Crippen LogP contribution >= 0.6 is 0 Å². The summed E-state index contributed by atoms with van der Waals surface area (Å²) in [4.78, 5) is 22.3. The number of rotatable bonds is 3. The second kappa shape index (κ2) is 6.99. The molecule has 8 nitrogen and oxygen atoms in total. The van der Waals surface area contributed by atoms with Crippen LogP contribution in [0, 0.1) is 6.92 Å². The van der Waals surface area contributed by atoms with Crippen molar-refractivity contribution in [3.05, 3.63) is 52.8 Å². The second-order valence-electron chi connectivity index (χ2n) is 6.74. The van der Waals surface area contributed by atoms with E-state index in [1.165, 1.54) is 12.1 Å². The molecule has 0 unspecified atom stereocenters. The Labute approximate surface area is 162 Å². The van der Waals surface area contributed by atoms with Gasteiger partial charge in [-0.05, 0) is 24.6 Å². The molecule has 2 aromatic heterocycles. The monoisotopic (exact) mass is 400 g/mol. The summed E-state index contributed by atoms with van der Waals surface area (Å²) >= 11 is 0. The molecule has 0 spiro atoms. The fourth-order valence-corrected chi connectivity index (χ4v) is 3.92. The first-order valence-corrected chi connectivity index (χ1v) is 10.8. The highest BCUT2D eigenvalue weighted by atomic mass is 32.2. The van der Waals surface area contributed by atoms with Gasteiger partial charge in [-0.1, -0.05) is 12.1 Å². The molecule has 1 aromatic carbocycles. The van der Waals surface area contributed by atoms with Crippen LogP contribution < -0.4 is 10.6 Å². The Hall–Kier alpha value is -2.78. The third-order valence-corrected chi connectivity index (χ3v) is 5.85. The number of nitrogens with zero attached hydrogens (tertiary/aromatic N) is 4. The van der Waals surface area contributed by atoms with E-state index >= 15 is 0 Å². The summed E-state index contributed by atoms with van der Waals surface area (Å²) in [6.07, 6.45) is 4.60. The first-order valence-electron chi connectivity index (χ1n) is 8.87. The van der Waals surface area contributed by atoms with Crippen LogP contribution in [-0.4, -0.2) is 55.6 Å². The molecule has 1 aliphatic rings. The van der Waals surface area contributed by atoms with Crippen molar-refractivity contribution in [2.45, 2.75) is 11.8 Å². The van der Waals surface area contributed by atoms with Gasteiger partial charge in [-0.2, -0.15) is 0 Å². The maximum atomic E-state index is 13.4. The summed E-state index contributed by atoms with van der Waals surface area (Å²) < 4.78 is 30.5. The minimum atomic E-state index is -3.32. The van der Waals surface area contributed by atoms with Gasteiger partial charge in [-0.25, -0.2) is 23.1 Å². The van der Waals surface area contributed by atoms with E-state index in [4.69, 9.17) is 4.74 Å². The van der Waals surface area contributed by atoms with Crippen LogP contribution in [0.15, 0.2) is 46.3 Å². The normalized spacial score (nSPS) is 15.1. The van der Waals surface area contributed by atoms with Gasteiger partial charge in [0.15, 0.2) is 9.84 Å². The highest BCUT2D eigenvalue weighted by molar-refractivity contribution is 7.90. The molecule has 0 saturated carbocycles. The number of pyridine rings is 1. The van der Waals surface area contributed by atoms with Crippen LogP contribution in [-0.2, 0) is 14.6 Å². The minimum Gasteiger partial charge on any atom is -0.378 e. The van der Waals surface area contributed by atoms with E-state index in [1.807, 2.05) is 5.01 Å². The lowest BCUT2D eigenvalue weighted by molar-refractivity contribution is 0.111. The van der Waals surface area contributed by atoms with Crippen molar-refractivity contribution in [1.29, 1.82) is 0 Å². The van der Waals surface area contributed by atoms with E-state index in [9.17, 15) is 13.2 Å². The molecule has 9 heteroatoms. The fourth-order valence-electron chi connectivity index (χ4n) is 3.29. The summed E-state index contributed by atoms with van der Waals surface area (Å²) in [5, 5.41) is 2.67. The molecule has 0 atom stereocenters. The Kier molecular flexibility index (Phi) is 4.64. The summed E-state index contributed by atoms with van der Waals surface area (Å²) in [6.45, 7) is 4.07. The zero-order valence-corrected chi connectivity index (χ0v) is 16.4. The predicted molar refractivity (Wildman–Crippen MR) is 106 cm³/mol. The number of fused-ring (bicyclic) bond motifs is 1. The lowest BCUT2D eigenvalue weighted by Crippen LogP contribution is -2.48. The second-order valence-corrected chi connectivity index (χ2v) is 8.75. The van der Waals surface area contributed by atoms with Crippen LogP contribution in [0.3, 0.4) is 0 Å². The number of hydrogen-bond acceptors (Lipinski definition) is 7. The summed E-state index contributed by atoms with van der Waals surface area (Å²) in [6, 6.07) is 6.31. The third kappa shape index (κ3) is 3.38. The summed E-state index contributed by atoms with van der Waals surface area (Å²) in [5.41, 5.74) is 1.38. The van der Waals surface area contributed by atoms with Gasteiger partial charge < -0.3 is 9.75 Å². The number of aromatic nitrogens is 3. The van der Waals surface area contributed by atoms with E-state index in [0.717, 1.165) is 11.6 Å². The fraction of sp³-hybridized carbons (Fsp3) is 0.316. The van der Waals surface area contributed by atoms with Gasteiger partial charge in [0.05, 0.1) is 42.3 Å². The Balaban J connectivity index is 1.96. The molecule has 146 valence electrons. The van der Waals surface area contributed by atoms with Crippen molar-refractivity contribution in [1.82, 2.24) is 14.6 Å². The SMILES string of the molecule is Cc1ncc2cn(N3CCOCC3)c(=O)c(-c3ccc(S(C)(=O)=O)cc3)c2n1. The Morgan fingerprint density at radius 2 is 1.79 bits per heavy atom. The molecule has 0 amide bonds. The van der Waals surface area contributed by atoms with Crippen LogP contribution in [0.4, 0.5) is 0 Å². The van der Waals surface area contributed by atoms with Crippen molar-refractivity contribution in [2.24, 2.45) is 0 Å². The van der Waals surface area contributed by atoms with Gasteiger partial charge in [0, 0.05) is 24.0 Å². The van der Waals surface area contributed by atoms with E-state index in [1.54, 1.807) is 36.1 Å². The van der Waals surface area contributed by atoms with Gasteiger partial charge in [-0.3, -0.25) is 4.79 Å². The van der Waals surface area contributed by atoms with Crippen molar-refractivity contribution >= 4 is 20.7 Å². The molecule has 3 aromatic rings. The molecular weight excluding hydrogens is 380 g/mol. The first kappa shape index (κ1) is 18.6. The first-order chi connectivity index (χ1) is 13.3. The average molecular weight is 400 g/mol. The van der Waals surface area contributed by atoms with Gasteiger partial charge in [-0.15, -0.1) is 0 Å². The molecule has 4 rings (SSSR count). The van der Waals surface area contributed by atoms with Crippen LogP contribution in [0.2, 0.25) is 0 Å². The Bertz CT molecular complexity index is 1200. The molecule has 0 aliphatic carbocycles. The zero-order chi connectivity index (χ0) is 19.9. The number of aryl methyl sites for hydroxylation is 1. The van der Waals surface area contributed by atoms with Crippen LogP contribution in [0.25, 0.3) is 22.0 Å². The summed E-state index contributed by atoms with van der Waals surface area (Å²) in [7, 11) is -3.32. The molecule has 1 saturated heterocycles. The van der Waals surface area contributed by atoms with Crippen LogP contribution in [0.5, 0.6) is 0 Å². The maximum Gasteiger partial charge on any atom is 0.279 e. The Morgan fingerprint density at radius 3 is 2.43 bits per heavy atom. The Morgan fingerprint density at radius 1 is 1.11 bits per heavy atom. The molecule has 0 radical (unpaired) electrons. The largest absolute Gasteiger partial charge is 0.378 e. The van der Waals surface area contributed by atoms with Crippen molar-refractivity contribution < 1.29 is 13.2 Å². The highest BCUT2D eigenvalue weighted by Gasteiger charge is 2.19. The molecule has 28 heavy (non-hydrogen) atoms. The van der Waals surface area contributed by atoms with E-state index in [2.05, 4.69) is 9.97 Å². The van der Waals surface area contributed by atoms with Crippen LogP contribution in [0.1, 0.15) is 5.82 Å². The predicted octanol–water partition coefficient (Wildman–Crippen LogP) is 1.14. The molecular formula is C19H20N4O4S. The molecule has 1 aliphatic heterocycles. The highest BCUT2D eigenvalue weighted by Crippen LogP contribution is 2.25. The standard InChI is InChI=1S/C19H20N4O4S/c1-13-20-11-15-12-23(22-7-9-27-10-8-22)19(24)17(18(15)21-13)14-3-5-16(6-4-14)28(2,25)26/h3-6,11-12H,7-10H2,1-2H3. The lowest BCUT2D eigenvalue weighted by atomic mass is 10.0. The van der Waals surface area contributed by atoms with E-state index in [0.29, 0.717) is 48.8 Å². The topological polar surface area (TPSA) is 94.4 Å². The molecule has 0 N–H and O–H groups in total. The number of sulfone groups is 1. The van der Waals surface area contributed by atoms with E-state index < -0.39 is 9.84 Å². The van der Waals surface area contributed by atoms with Crippen molar-refractivity contribution in [3.8, 4) is 11.1 Å². The smallest absolute Gasteiger partial charge is 0.279 e.